The van der Waals surface area contributed by atoms with Gasteiger partial charge in [-0.1, -0.05) is 19.1 Å². The van der Waals surface area contributed by atoms with Crippen LogP contribution in [-0.2, 0) is 15.0 Å². The molecule has 0 aromatic heterocycles. The topological polar surface area (TPSA) is 98.2 Å². The minimum atomic E-state index is -0.735. The third kappa shape index (κ3) is 1.86. The Morgan fingerprint density at radius 2 is 1.94 bits per heavy atom. The number of nitrogens with one attached hydrogen (secondary N) is 1. The third-order valence-corrected chi connectivity index (χ3v) is 3.64. The van der Waals surface area contributed by atoms with Crippen LogP contribution in [0, 0.1) is 0 Å². The third-order valence-electron chi connectivity index (χ3n) is 3.64. The Balaban J connectivity index is 2.44. The summed E-state index contributed by atoms with van der Waals surface area (Å²) in [6.07, 6.45) is 0.918. The van der Waals surface area contributed by atoms with Gasteiger partial charge >= 0.3 is 0 Å². The lowest BCUT2D eigenvalue weighted by Gasteiger charge is -2.37. The molecule has 5 N–H and O–H groups in total. The SMILES string of the molecule is CC[C@@]1(c2ccc(N)cc2)C[C@@H](N)C(=O)NC1=O. The first-order chi connectivity index (χ1) is 8.49. The molecule has 96 valence electrons. The summed E-state index contributed by atoms with van der Waals surface area (Å²) in [5.41, 5.74) is 12.2. The molecular formula is C13H17N3O2. The number of rotatable bonds is 2. The van der Waals surface area contributed by atoms with Gasteiger partial charge in [-0.3, -0.25) is 14.9 Å². The molecular weight excluding hydrogens is 230 g/mol. The van der Waals surface area contributed by atoms with Crippen LogP contribution >= 0.6 is 0 Å². The van der Waals surface area contributed by atoms with Gasteiger partial charge < -0.3 is 11.5 Å². The number of carbonyl (C=O) groups is 2. The van der Waals surface area contributed by atoms with E-state index in [1.807, 2.05) is 19.1 Å². The lowest BCUT2D eigenvalue weighted by atomic mass is 9.70. The van der Waals surface area contributed by atoms with Gasteiger partial charge in [0.15, 0.2) is 0 Å². The van der Waals surface area contributed by atoms with Gasteiger partial charge in [0, 0.05) is 5.69 Å². The Hall–Kier alpha value is -1.88. The van der Waals surface area contributed by atoms with Crippen molar-refractivity contribution in [1.29, 1.82) is 0 Å². The van der Waals surface area contributed by atoms with Crippen molar-refractivity contribution < 1.29 is 9.59 Å². The molecule has 1 heterocycles. The highest BCUT2D eigenvalue weighted by atomic mass is 16.2. The van der Waals surface area contributed by atoms with Crippen LogP contribution in [0.5, 0.6) is 0 Å². The number of nitrogens with two attached hydrogens (primary N) is 2. The summed E-state index contributed by atoms with van der Waals surface area (Å²) in [5.74, 6) is -0.680. The standard InChI is InChI=1S/C13H17N3O2/c1-2-13(8-3-5-9(14)6-4-8)7-10(15)11(17)16-12(13)18/h3-6,10H,2,7,14-15H2,1H3,(H,16,17,18)/t10-,13+/m1/s1. The summed E-state index contributed by atoms with van der Waals surface area (Å²) < 4.78 is 0. The van der Waals surface area contributed by atoms with Crippen LogP contribution in [0.15, 0.2) is 24.3 Å². The van der Waals surface area contributed by atoms with E-state index in [9.17, 15) is 9.59 Å². The van der Waals surface area contributed by atoms with Crippen molar-refractivity contribution in [1.82, 2.24) is 5.32 Å². The average Bonchev–Trinajstić information content (AvgIpc) is 2.35. The second-order valence-corrected chi connectivity index (χ2v) is 4.69. The molecule has 1 aromatic carbocycles. The van der Waals surface area contributed by atoms with E-state index in [2.05, 4.69) is 5.32 Å². The molecule has 2 amide bonds. The maximum absolute atomic E-state index is 12.2. The van der Waals surface area contributed by atoms with Crippen LogP contribution in [0.1, 0.15) is 25.3 Å². The second-order valence-electron chi connectivity index (χ2n) is 4.69. The Kier molecular flexibility index (Phi) is 3.09. The zero-order valence-electron chi connectivity index (χ0n) is 10.3. The van der Waals surface area contributed by atoms with E-state index in [0.29, 0.717) is 18.5 Å². The minimum absolute atomic E-state index is 0.276. The number of hydrogen-bond donors (Lipinski definition) is 3. The smallest absolute Gasteiger partial charge is 0.243 e. The van der Waals surface area contributed by atoms with Crippen LogP contribution < -0.4 is 16.8 Å². The summed E-state index contributed by atoms with van der Waals surface area (Å²) in [5, 5.41) is 2.35. The van der Waals surface area contributed by atoms with E-state index in [0.717, 1.165) is 5.56 Å². The molecule has 1 fully saturated rings. The van der Waals surface area contributed by atoms with Gasteiger partial charge in [0.25, 0.3) is 0 Å². The zero-order chi connectivity index (χ0) is 13.3. The molecule has 0 radical (unpaired) electrons. The average molecular weight is 247 g/mol. The fraction of sp³-hybridized carbons (Fsp3) is 0.385. The molecule has 5 heteroatoms. The van der Waals surface area contributed by atoms with Crippen molar-refractivity contribution in [3.05, 3.63) is 29.8 Å². The maximum Gasteiger partial charge on any atom is 0.243 e. The van der Waals surface area contributed by atoms with Gasteiger partial charge in [-0.25, -0.2) is 0 Å². The lowest BCUT2D eigenvalue weighted by molar-refractivity contribution is -0.139. The zero-order valence-corrected chi connectivity index (χ0v) is 10.3. The van der Waals surface area contributed by atoms with E-state index in [4.69, 9.17) is 11.5 Å². The molecule has 5 nitrogen and oxygen atoms in total. The number of piperidine rings is 1. The fourth-order valence-corrected chi connectivity index (χ4v) is 2.45. The van der Waals surface area contributed by atoms with E-state index < -0.39 is 17.4 Å². The summed E-state index contributed by atoms with van der Waals surface area (Å²) in [6.45, 7) is 1.92. The molecule has 1 aliphatic rings. The number of carbonyl (C=O) groups excluding carboxylic acids is 2. The summed E-state index contributed by atoms with van der Waals surface area (Å²) >= 11 is 0. The van der Waals surface area contributed by atoms with Gasteiger partial charge in [0.05, 0.1) is 11.5 Å². The molecule has 2 atom stereocenters. The normalized spacial score (nSPS) is 28.0. The highest BCUT2D eigenvalue weighted by Crippen LogP contribution is 2.35. The minimum Gasteiger partial charge on any atom is -0.399 e. The van der Waals surface area contributed by atoms with Crippen molar-refractivity contribution in [3.8, 4) is 0 Å². The molecule has 1 aromatic rings. The highest BCUT2D eigenvalue weighted by Gasteiger charge is 2.45. The van der Waals surface area contributed by atoms with E-state index in [1.54, 1.807) is 12.1 Å². The molecule has 1 aliphatic heterocycles. The Bertz CT molecular complexity index is 484. The number of imide groups is 1. The molecule has 0 bridgehead atoms. The first-order valence-electron chi connectivity index (χ1n) is 5.96. The first kappa shape index (κ1) is 12.6. The van der Waals surface area contributed by atoms with Crippen LogP contribution in [0.2, 0.25) is 0 Å². The molecule has 0 unspecified atom stereocenters. The van der Waals surface area contributed by atoms with Gasteiger partial charge in [0.1, 0.15) is 0 Å². The Labute approximate surface area is 106 Å². The van der Waals surface area contributed by atoms with E-state index in [1.165, 1.54) is 0 Å². The van der Waals surface area contributed by atoms with E-state index in [-0.39, 0.29) is 5.91 Å². The summed E-state index contributed by atoms with van der Waals surface area (Å²) in [4.78, 5) is 23.6. The van der Waals surface area contributed by atoms with Gasteiger partial charge in [0.2, 0.25) is 11.8 Å². The summed E-state index contributed by atoms with van der Waals surface area (Å²) in [7, 11) is 0. The van der Waals surface area contributed by atoms with Crippen LogP contribution in [0.3, 0.4) is 0 Å². The van der Waals surface area contributed by atoms with Gasteiger partial charge in [-0.2, -0.15) is 0 Å². The largest absolute Gasteiger partial charge is 0.399 e. The predicted octanol–water partition coefficient (Wildman–Crippen LogP) is 0.290. The van der Waals surface area contributed by atoms with Crippen molar-refractivity contribution in [2.24, 2.45) is 5.73 Å². The quantitative estimate of drug-likeness (QED) is 0.516. The Morgan fingerprint density at radius 1 is 1.33 bits per heavy atom. The first-order valence-corrected chi connectivity index (χ1v) is 5.96. The number of anilines is 1. The van der Waals surface area contributed by atoms with E-state index >= 15 is 0 Å². The van der Waals surface area contributed by atoms with Crippen LogP contribution in [-0.4, -0.2) is 17.9 Å². The van der Waals surface area contributed by atoms with Crippen molar-refractivity contribution in [2.45, 2.75) is 31.2 Å². The maximum atomic E-state index is 12.2. The highest BCUT2D eigenvalue weighted by molar-refractivity contribution is 6.05. The van der Waals surface area contributed by atoms with Gasteiger partial charge in [-0.05, 0) is 30.5 Å². The Morgan fingerprint density at radius 3 is 2.50 bits per heavy atom. The molecule has 0 spiro atoms. The second kappa shape index (κ2) is 4.42. The van der Waals surface area contributed by atoms with Gasteiger partial charge in [-0.15, -0.1) is 0 Å². The number of nitrogen functional groups attached to an aromatic ring is 1. The lowest BCUT2D eigenvalue weighted by Crippen LogP contribution is -2.59. The number of benzene rings is 1. The fourth-order valence-electron chi connectivity index (χ4n) is 2.45. The molecule has 0 aliphatic carbocycles. The predicted molar refractivity (Wildman–Crippen MR) is 68.6 cm³/mol. The van der Waals surface area contributed by atoms with Crippen molar-refractivity contribution >= 4 is 17.5 Å². The molecule has 2 rings (SSSR count). The molecule has 1 saturated heterocycles. The van der Waals surface area contributed by atoms with Crippen molar-refractivity contribution in [3.63, 3.8) is 0 Å². The monoisotopic (exact) mass is 247 g/mol. The van der Waals surface area contributed by atoms with Crippen LogP contribution in [0.25, 0.3) is 0 Å². The van der Waals surface area contributed by atoms with Crippen molar-refractivity contribution in [2.75, 3.05) is 5.73 Å². The molecule has 18 heavy (non-hydrogen) atoms. The summed E-state index contributed by atoms with van der Waals surface area (Å²) in [6, 6.07) is 6.49. The number of hydrogen-bond acceptors (Lipinski definition) is 4. The van der Waals surface area contributed by atoms with Crippen LogP contribution in [0.4, 0.5) is 5.69 Å². The molecule has 0 saturated carbocycles. The number of amides is 2.